The first-order chi connectivity index (χ1) is 19.0. The summed E-state index contributed by atoms with van der Waals surface area (Å²) in [4.78, 5) is 11.8. The number of hydrogen-bond donors (Lipinski definition) is 3. The van der Waals surface area contributed by atoms with Crippen molar-refractivity contribution in [2.45, 2.75) is 97.7 Å². The van der Waals surface area contributed by atoms with E-state index in [-0.39, 0.29) is 45.9 Å². The van der Waals surface area contributed by atoms with Gasteiger partial charge in [-0.3, -0.25) is 0 Å². The summed E-state index contributed by atoms with van der Waals surface area (Å²) in [5.41, 5.74) is 1.04. The van der Waals surface area contributed by atoms with Crippen LogP contribution in [-0.2, 0) is 6.42 Å². The van der Waals surface area contributed by atoms with Crippen LogP contribution in [0.15, 0.2) is 41.3 Å². The predicted molar refractivity (Wildman–Crippen MR) is 157 cm³/mol. The number of benzene rings is 1. The lowest BCUT2D eigenvalue weighted by Gasteiger charge is -2.65. The predicted octanol–water partition coefficient (Wildman–Crippen LogP) is 7.49. The Morgan fingerprint density at radius 2 is 1.88 bits per heavy atom. The molecule has 218 valence electrons. The third kappa shape index (κ3) is 3.75. The van der Waals surface area contributed by atoms with Crippen molar-refractivity contribution in [2.75, 3.05) is 0 Å². The number of hydrogen-bond acceptors (Lipinski definition) is 4. The molecule has 1 heterocycles. The van der Waals surface area contributed by atoms with Crippen LogP contribution in [0, 0.1) is 51.8 Å². The Morgan fingerprint density at radius 1 is 1.12 bits per heavy atom. The first-order valence-electron chi connectivity index (χ1n) is 15.7. The van der Waals surface area contributed by atoms with Crippen molar-refractivity contribution < 1.29 is 24.5 Å². The zero-order chi connectivity index (χ0) is 28.6. The van der Waals surface area contributed by atoms with Crippen LogP contribution < -0.4 is 0 Å². The molecule has 40 heavy (non-hydrogen) atoms. The van der Waals surface area contributed by atoms with Crippen LogP contribution in [0.3, 0.4) is 0 Å². The minimum absolute atomic E-state index is 0.0320. The number of aliphatic hydroxyl groups is 2. The SMILES string of the molecule is C=CC1([C@H](C)Cc2cc3c(C(=O)O)cccc3o2)CCC2C3C(CC[C@@]21C)[C@@]1(C)CC[C@@H](O)C[C@H]1[C@@H](CC)[C@H]3O. The normalized spacial score (nSPS) is 43.5. The van der Waals surface area contributed by atoms with Crippen LogP contribution >= 0.6 is 0 Å². The molecular formula is C35H48O5. The Labute approximate surface area is 239 Å². The Morgan fingerprint density at radius 3 is 2.58 bits per heavy atom. The van der Waals surface area contributed by atoms with Crippen LogP contribution in [-0.4, -0.2) is 33.5 Å². The van der Waals surface area contributed by atoms with Gasteiger partial charge in [0.2, 0.25) is 0 Å². The van der Waals surface area contributed by atoms with E-state index in [4.69, 9.17) is 4.42 Å². The van der Waals surface area contributed by atoms with Gasteiger partial charge in [0.25, 0.3) is 0 Å². The molecule has 4 fully saturated rings. The standard InChI is InChI=1S/C35H48O5/c1-6-23-28-18-21(36)11-14-33(28,4)26-12-15-34(5)27(30(26)31(23)37)13-16-35(34,7-2)20(3)17-22-19-25-24(32(38)39)9-8-10-29(25)40-22/h7-10,19-21,23,26-28,30-31,36-37H,2,6,11-18H2,1,3-5H3,(H,38,39)/t20-,21-,23-,26?,27?,28+,30?,31-,33-,34+,35?/m1/s1. The van der Waals surface area contributed by atoms with Crippen LogP contribution in [0.4, 0.5) is 0 Å². The van der Waals surface area contributed by atoms with Crippen LogP contribution in [0.1, 0.15) is 95.2 Å². The molecule has 0 bridgehead atoms. The number of carboxylic acid groups (broad SMARTS) is 1. The fourth-order valence-corrected chi connectivity index (χ4v) is 11.3. The molecule has 4 saturated carbocycles. The first kappa shape index (κ1) is 28.0. The second-order valence-electron chi connectivity index (χ2n) is 14.5. The molecule has 6 rings (SSSR count). The number of aromatic carboxylic acids is 1. The molecule has 0 amide bonds. The molecule has 2 aromatic rings. The van der Waals surface area contributed by atoms with Gasteiger partial charge in [-0.25, -0.2) is 4.79 Å². The number of aliphatic hydroxyl groups excluding tert-OH is 2. The number of fused-ring (bicyclic) bond motifs is 6. The van der Waals surface area contributed by atoms with E-state index in [1.54, 1.807) is 12.1 Å². The van der Waals surface area contributed by atoms with Crippen LogP contribution in [0.25, 0.3) is 11.0 Å². The average Bonchev–Trinajstić information content (AvgIpc) is 3.47. The van der Waals surface area contributed by atoms with Gasteiger partial charge in [0.05, 0.1) is 17.8 Å². The molecule has 0 saturated heterocycles. The molecule has 5 heteroatoms. The summed E-state index contributed by atoms with van der Waals surface area (Å²) in [6.07, 6.45) is 10.6. The Balaban J connectivity index is 1.32. The van der Waals surface area contributed by atoms with E-state index >= 15 is 0 Å². The van der Waals surface area contributed by atoms with Gasteiger partial charge < -0.3 is 19.7 Å². The highest BCUT2D eigenvalue weighted by Gasteiger charge is 2.68. The van der Waals surface area contributed by atoms with Crippen molar-refractivity contribution in [2.24, 2.45) is 51.8 Å². The Hall–Kier alpha value is -2.11. The highest BCUT2D eigenvalue weighted by molar-refractivity contribution is 6.02. The van der Waals surface area contributed by atoms with Gasteiger partial charge in [-0.2, -0.15) is 0 Å². The third-order valence-electron chi connectivity index (χ3n) is 13.3. The summed E-state index contributed by atoms with van der Waals surface area (Å²) < 4.78 is 6.20. The summed E-state index contributed by atoms with van der Waals surface area (Å²) in [5, 5.41) is 33.0. The van der Waals surface area contributed by atoms with Crippen molar-refractivity contribution in [3.05, 3.63) is 48.2 Å². The maximum atomic E-state index is 12.1. The first-order valence-corrected chi connectivity index (χ1v) is 15.7. The minimum Gasteiger partial charge on any atom is -0.478 e. The second-order valence-corrected chi connectivity index (χ2v) is 14.5. The van der Waals surface area contributed by atoms with Gasteiger partial charge in [0.1, 0.15) is 11.3 Å². The molecule has 0 spiro atoms. The number of allylic oxidation sites excluding steroid dienone is 1. The molecule has 4 aliphatic rings. The van der Waals surface area contributed by atoms with E-state index in [0.29, 0.717) is 34.6 Å². The lowest BCUT2D eigenvalue weighted by atomic mass is 9.40. The highest BCUT2D eigenvalue weighted by atomic mass is 16.4. The van der Waals surface area contributed by atoms with E-state index in [0.717, 1.165) is 63.5 Å². The third-order valence-corrected chi connectivity index (χ3v) is 13.3. The van der Waals surface area contributed by atoms with E-state index < -0.39 is 5.97 Å². The quantitative estimate of drug-likeness (QED) is 0.325. The van der Waals surface area contributed by atoms with Crippen molar-refractivity contribution in [1.82, 2.24) is 0 Å². The molecule has 0 aliphatic heterocycles. The fraction of sp³-hybridized carbons (Fsp3) is 0.686. The topological polar surface area (TPSA) is 90.9 Å². The molecule has 4 aliphatic carbocycles. The van der Waals surface area contributed by atoms with Gasteiger partial charge in [-0.15, -0.1) is 6.58 Å². The van der Waals surface area contributed by atoms with Gasteiger partial charge >= 0.3 is 5.97 Å². The smallest absolute Gasteiger partial charge is 0.336 e. The largest absolute Gasteiger partial charge is 0.478 e. The summed E-state index contributed by atoms with van der Waals surface area (Å²) >= 11 is 0. The molecule has 3 N–H and O–H groups in total. The zero-order valence-corrected chi connectivity index (χ0v) is 24.7. The minimum atomic E-state index is -0.934. The van der Waals surface area contributed by atoms with E-state index in [9.17, 15) is 20.1 Å². The maximum Gasteiger partial charge on any atom is 0.336 e. The van der Waals surface area contributed by atoms with Crippen molar-refractivity contribution >= 4 is 16.9 Å². The monoisotopic (exact) mass is 548 g/mol. The van der Waals surface area contributed by atoms with Crippen molar-refractivity contribution in [3.8, 4) is 0 Å². The lowest BCUT2D eigenvalue weighted by Crippen LogP contribution is -2.63. The fourth-order valence-electron chi connectivity index (χ4n) is 11.3. The summed E-state index contributed by atoms with van der Waals surface area (Å²) in [7, 11) is 0. The Kier molecular flexibility index (Phi) is 6.82. The van der Waals surface area contributed by atoms with Crippen LogP contribution in [0.5, 0.6) is 0 Å². The van der Waals surface area contributed by atoms with Crippen molar-refractivity contribution in [3.63, 3.8) is 0 Å². The summed E-state index contributed by atoms with van der Waals surface area (Å²) in [6.45, 7) is 14.0. The van der Waals surface area contributed by atoms with Gasteiger partial charge in [-0.05, 0) is 115 Å². The van der Waals surface area contributed by atoms with Gasteiger partial charge in [0, 0.05) is 11.8 Å². The molecule has 11 atom stereocenters. The number of furan rings is 1. The molecule has 5 nitrogen and oxygen atoms in total. The average molecular weight is 549 g/mol. The molecule has 1 aromatic carbocycles. The van der Waals surface area contributed by atoms with Gasteiger partial charge in [0.15, 0.2) is 0 Å². The lowest BCUT2D eigenvalue weighted by molar-refractivity contribution is -0.207. The number of rotatable bonds is 6. The van der Waals surface area contributed by atoms with E-state index in [2.05, 4.69) is 40.3 Å². The highest BCUT2D eigenvalue weighted by Crippen LogP contribution is 2.73. The van der Waals surface area contributed by atoms with E-state index in [1.807, 2.05) is 12.1 Å². The summed E-state index contributed by atoms with van der Waals surface area (Å²) in [6, 6.07) is 7.15. The van der Waals surface area contributed by atoms with Crippen molar-refractivity contribution in [1.29, 1.82) is 0 Å². The number of carbonyl (C=O) groups is 1. The summed E-state index contributed by atoms with van der Waals surface area (Å²) in [5.74, 6) is 2.04. The van der Waals surface area contributed by atoms with Gasteiger partial charge in [-0.1, -0.05) is 46.3 Å². The Bertz CT molecular complexity index is 1300. The molecule has 0 radical (unpaired) electrons. The zero-order valence-electron chi connectivity index (χ0n) is 24.7. The molecule has 1 aromatic heterocycles. The van der Waals surface area contributed by atoms with E-state index in [1.165, 1.54) is 0 Å². The molecular weight excluding hydrogens is 500 g/mol. The number of carboxylic acids is 1. The maximum absolute atomic E-state index is 12.1. The molecule has 4 unspecified atom stereocenters. The second kappa shape index (κ2) is 9.73. The van der Waals surface area contributed by atoms with Crippen LogP contribution in [0.2, 0.25) is 0 Å².